The second kappa shape index (κ2) is 11.6. The quantitative estimate of drug-likeness (QED) is 0.228. The van der Waals surface area contributed by atoms with Gasteiger partial charge >= 0.3 is 7.60 Å². The Kier molecular flexibility index (Phi) is 9.29. The second-order valence-electron chi connectivity index (χ2n) is 8.42. The summed E-state index contributed by atoms with van der Waals surface area (Å²) in [6.07, 6.45) is 4.10. The Morgan fingerprint density at radius 3 is 2.11 bits per heavy atom. The van der Waals surface area contributed by atoms with Crippen molar-refractivity contribution in [3.05, 3.63) is 75.8 Å². The number of hydrogen-bond acceptors (Lipinski definition) is 6. The monoisotopic (exact) mass is 583 g/mol. The van der Waals surface area contributed by atoms with Gasteiger partial charge in [0.05, 0.1) is 22.6 Å². The maximum atomic E-state index is 14.7. The van der Waals surface area contributed by atoms with Crippen LogP contribution in [0.4, 0.5) is 0 Å². The molecule has 190 valence electrons. The zero-order valence-electron chi connectivity index (χ0n) is 20.1. The maximum Gasteiger partial charge on any atom is 0.360 e. The molecule has 2 aromatic rings. The minimum Gasteiger partial charge on any atom is -0.307 e. The van der Waals surface area contributed by atoms with Gasteiger partial charge in [0.1, 0.15) is 0 Å². The molecule has 2 aromatic carbocycles. The summed E-state index contributed by atoms with van der Waals surface area (Å²) in [7, 11) is -8.48. The number of Topliss-reactive ketones (excluding diaryl/α,β-unsaturated/α-hetero) is 1. The van der Waals surface area contributed by atoms with Crippen LogP contribution in [-0.2, 0) is 28.9 Å². The molecule has 1 atom stereocenters. The van der Waals surface area contributed by atoms with Crippen LogP contribution in [0.3, 0.4) is 0 Å². The van der Waals surface area contributed by atoms with E-state index in [1.54, 1.807) is 36.4 Å². The van der Waals surface area contributed by atoms with Crippen LogP contribution in [0.25, 0.3) is 0 Å². The molecular formula is C25H31BrNO6PS. The van der Waals surface area contributed by atoms with Gasteiger partial charge in [-0.15, -0.1) is 0 Å². The molecule has 35 heavy (non-hydrogen) atoms. The van der Waals surface area contributed by atoms with Crippen molar-refractivity contribution in [3.8, 4) is 0 Å². The average molecular weight is 584 g/mol. The molecule has 0 aromatic heterocycles. The number of rotatable bonds is 12. The van der Waals surface area contributed by atoms with Crippen molar-refractivity contribution in [1.29, 1.82) is 0 Å². The summed E-state index contributed by atoms with van der Waals surface area (Å²) in [4.78, 5) is 13.0. The topological polar surface area (TPSA) is 98.8 Å². The SMILES string of the molecule is CCCCOP(=O)(OCCCC)C1(NS(=O)(=O)c2ccc(C)cc2)C=C(Br)C(=O)c2ccccc21. The van der Waals surface area contributed by atoms with Gasteiger partial charge in [-0.1, -0.05) is 68.7 Å². The zero-order valence-corrected chi connectivity index (χ0v) is 23.4. The Hall–Kier alpha value is -1.61. The molecule has 3 rings (SSSR count). The van der Waals surface area contributed by atoms with Gasteiger partial charge in [-0.25, -0.2) is 8.42 Å². The first-order valence-electron chi connectivity index (χ1n) is 11.6. The predicted octanol–water partition coefficient (Wildman–Crippen LogP) is 6.43. The first kappa shape index (κ1) is 28.0. The first-order chi connectivity index (χ1) is 16.6. The Morgan fingerprint density at radius 1 is 0.971 bits per heavy atom. The van der Waals surface area contributed by atoms with E-state index in [0.29, 0.717) is 12.8 Å². The number of allylic oxidation sites excluding steroid dienone is 1. The summed E-state index contributed by atoms with van der Waals surface area (Å²) < 4.78 is 56.5. The lowest BCUT2D eigenvalue weighted by Gasteiger charge is -2.40. The number of carbonyl (C=O) groups is 1. The Balaban J connectivity index is 2.26. The smallest absolute Gasteiger partial charge is 0.307 e. The van der Waals surface area contributed by atoms with E-state index in [4.69, 9.17) is 9.05 Å². The fourth-order valence-electron chi connectivity index (χ4n) is 3.72. The second-order valence-corrected chi connectivity index (χ2v) is 13.2. The minimum absolute atomic E-state index is 0.00459. The number of hydrogen-bond donors (Lipinski definition) is 1. The maximum absolute atomic E-state index is 14.7. The predicted molar refractivity (Wildman–Crippen MR) is 140 cm³/mol. The Morgan fingerprint density at radius 2 is 1.54 bits per heavy atom. The molecule has 0 bridgehead atoms. The lowest BCUT2D eigenvalue weighted by Crippen LogP contribution is -2.47. The number of sulfonamides is 1. The van der Waals surface area contributed by atoms with Crippen molar-refractivity contribution in [2.24, 2.45) is 0 Å². The normalized spacial score (nSPS) is 18.3. The molecule has 1 N–H and O–H groups in total. The molecule has 0 spiro atoms. The van der Waals surface area contributed by atoms with Crippen LogP contribution < -0.4 is 4.72 Å². The standard InChI is InChI=1S/C25H31BrNO6PS/c1-4-6-16-32-34(29,33-17-7-5-2)25(27-35(30,31)20-14-12-19(3)13-15-20)18-23(26)24(28)21-10-8-9-11-22(21)25/h8-15,18,27H,4-7,16-17H2,1-3H3. The van der Waals surface area contributed by atoms with Gasteiger partial charge in [-0.2, -0.15) is 4.72 Å². The largest absolute Gasteiger partial charge is 0.360 e. The highest BCUT2D eigenvalue weighted by atomic mass is 79.9. The summed E-state index contributed by atoms with van der Waals surface area (Å²) in [6, 6.07) is 12.8. The van der Waals surface area contributed by atoms with Crippen LogP contribution in [0.5, 0.6) is 0 Å². The molecule has 7 nitrogen and oxygen atoms in total. The number of carbonyl (C=O) groups excluding carboxylic acids is 1. The summed E-state index contributed by atoms with van der Waals surface area (Å²) >= 11 is 3.27. The Labute approximate surface area is 216 Å². The molecule has 0 heterocycles. The third-order valence-electron chi connectivity index (χ3n) is 5.71. The molecule has 1 aliphatic carbocycles. The molecular weight excluding hydrogens is 553 g/mol. The van der Waals surface area contributed by atoms with Crippen molar-refractivity contribution < 1.29 is 26.8 Å². The van der Waals surface area contributed by atoms with E-state index in [-0.39, 0.29) is 39.5 Å². The van der Waals surface area contributed by atoms with Crippen molar-refractivity contribution in [2.45, 2.75) is 56.6 Å². The summed E-state index contributed by atoms with van der Waals surface area (Å²) in [5.74, 6) is -0.348. The number of ketones is 1. The minimum atomic E-state index is -4.26. The van der Waals surface area contributed by atoms with E-state index in [2.05, 4.69) is 20.7 Å². The van der Waals surface area contributed by atoms with Crippen molar-refractivity contribution in [1.82, 2.24) is 4.72 Å². The van der Waals surface area contributed by atoms with Gasteiger partial charge in [-0.3, -0.25) is 9.36 Å². The molecule has 0 saturated heterocycles. The first-order valence-corrected chi connectivity index (χ1v) is 15.4. The third-order valence-corrected chi connectivity index (χ3v) is 10.3. The van der Waals surface area contributed by atoms with Gasteiger partial charge in [-0.05, 0) is 53.9 Å². The number of nitrogens with one attached hydrogen (secondary N) is 1. The van der Waals surface area contributed by atoms with Crippen LogP contribution in [0.1, 0.15) is 61.0 Å². The molecule has 0 saturated carbocycles. The van der Waals surface area contributed by atoms with Crippen LogP contribution >= 0.6 is 23.5 Å². The van der Waals surface area contributed by atoms with Crippen LogP contribution in [0, 0.1) is 6.92 Å². The van der Waals surface area contributed by atoms with Crippen LogP contribution in [0.2, 0.25) is 0 Å². The number of benzene rings is 2. The molecule has 0 fully saturated rings. The van der Waals surface area contributed by atoms with Gasteiger partial charge in [0.2, 0.25) is 10.0 Å². The summed E-state index contributed by atoms with van der Waals surface area (Å²) in [5, 5.41) is -1.96. The van der Waals surface area contributed by atoms with E-state index < -0.39 is 22.9 Å². The third kappa shape index (κ3) is 5.87. The molecule has 0 radical (unpaired) electrons. The fraction of sp³-hybridized carbons (Fsp3) is 0.400. The summed E-state index contributed by atoms with van der Waals surface area (Å²) in [6.45, 7) is 6.00. The number of fused-ring (bicyclic) bond motifs is 1. The molecule has 10 heteroatoms. The molecule has 0 aliphatic heterocycles. The number of unbranched alkanes of at least 4 members (excludes halogenated alkanes) is 2. The van der Waals surface area contributed by atoms with Crippen LogP contribution in [-0.4, -0.2) is 27.4 Å². The van der Waals surface area contributed by atoms with Crippen molar-refractivity contribution >= 4 is 39.3 Å². The number of aryl methyl sites for hydroxylation is 1. The summed E-state index contributed by atoms with van der Waals surface area (Å²) in [5.41, 5.74) is 1.33. The highest BCUT2D eigenvalue weighted by molar-refractivity contribution is 9.12. The number of halogens is 1. The molecule has 1 aliphatic rings. The zero-order chi connectivity index (χ0) is 25.7. The van der Waals surface area contributed by atoms with E-state index in [9.17, 15) is 17.8 Å². The van der Waals surface area contributed by atoms with Crippen molar-refractivity contribution in [3.63, 3.8) is 0 Å². The average Bonchev–Trinajstić information content (AvgIpc) is 2.83. The highest BCUT2D eigenvalue weighted by Gasteiger charge is 2.57. The van der Waals surface area contributed by atoms with E-state index in [0.717, 1.165) is 18.4 Å². The van der Waals surface area contributed by atoms with Crippen LogP contribution in [0.15, 0.2) is 64.0 Å². The highest BCUT2D eigenvalue weighted by Crippen LogP contribution is 2.67. The van der Waals surface area contributed by atoms with Gasteiger partial charge in [0.25, 0.3) is 0 Å². The van der Waals surface area contributed by atoms with Gasteiger partial charge < -0.3 is 9.05 Å². The van der Waals surface area contributed by atoms with Gasteiger partial charge in [0, 0.05) is 11.1 Å². The van der Waals surface area contributed by atoms with Crippen molar-refractivity contribution in [2.75, 3.05) is 13.2 Å². The fourth-order valence-corrected chi connectivity index (χ4v) is 8.45. The van der Waals surface area contributed by atoms with E-state index in [1.165, 1.54) is 18.2 Å². The van der Waals surface area contributed by atoms with Gasteiger partial charge in [0.15, 0.2) is 11.1 Å². The Bertz CT molecular complexity index is 1230. The molecule has 0 amide bonds. The lowest BCUT2D eigenvalue weighted by molar-refractivity contribution is 0.103. The van der Waals surface area contributed by atoms with E-state index >= 15 is 0 Å². The van der Waals surface area contributed by atoms with E-state index in [1.807, 2.05) is 20.8 Å². The molecule has 1 unspecified atom stereocenters. The lowest BCUT2D eigenvalue weighted by atomic mass is 9.92.